The van der Waals surface area contributed by atoms with E-state index in [0.29, 0.717) is 6.10 Å². The molecule has 4 nitrogen and oxygen atoms in total. The summed E-state index contributed by atoms with van der Waals surface area (Å²) in [5, 5.41) is 7.15. The standard InChI is InChI=1S/C16H26N2O2S/c1-13-12-21-15(18-13)16(6-2-3-7-16)17-8-10-19-11-14-5-4-9-20-14/h12,14,17H,2-11H2,1H3/t14-/m1/s1. The predicted molar refractivity (Wildman–Crippen MR) is 84.8 cm³/mol. The van der Waals surface area contributed by atoms with E-state index < -0.39 is 0 Å². The van der Waals surface area contributed by atoms with Gasteiger partial charge in [-0.2, -0.15) is 0 Å². The molecule has 0 aromatic carbocycles. The van der Waals surface area contributed by atoms with E-state index in [4.69, 9.17) is 14.5 Å². The summed E-state index contributed by atoms with van der Waals surface area (Å²) in [6.07, 6.45) is 7.64. The lowest BCUT2D eigenvalue weighted by Gasteiger charge is -2.28. The van der Waals surface area contributed by atoms with Crippen LogP contribution in [0.1, 0.15) is 49.2 Å². The first-order chi connectivity index (χ1) is 10.3. The van der Waals surface area contributed by atoms with Crippen molar-refractivity contribution in [3.63, 3.8) is 0 Å². The smallest absolute Gasteiger partial charge is 0.113 e. The third-order valence-corrected chi connectivity index (χ3v) is 5.69. The van der Waals surface area contributed by atoms with E-state index in [-0.39, 0.29) is 5.54 Å². The van der Waals surface area contributed by atoms with Crippen molar-refractivity contribution in [2.45, 2.75) is 57.1 Å². The molecule has 2 fully saturated rings. The van der Waals surface area contributed by atoms with Gasteiger partial charge in [-0.3, -0.25) is 0 Å². The lowest BCUT2D eigenvalue weighted by Crippen LogP contribution is -2.41. The predicted octanol–water partition coefficient (Wildman–Crippen LogP) is 3.01. The summed E-state index contributed by atoms with van der Waals surface area (Å²) in [6, 6.07) is 0. The molecule has 1 aromatic heterocycles. The summed E-state index contributed by atoms with van der Waals surface area (Å²) in [7, 11) is 0. The monoisotopic (exact) mass is 310 g/mol. The molecule has 0 amide bonds. The van der Waals surface area contributed by atoms with Gasteiger partial charge in [-0.1, -0.05) is 12.8 Å². The summed E-state index contributed by atoms with van der Waals surface area (Å²) in [4.78, 5) is 4.72. The molecule has 1 aliphatic carbocycles. The van der Waals surface area contributed by atoms with Crippen molar-refractivity contribution in [1.82, 2.24) is 10.3 Å². The van der Waals surface area contributed by atoms with Gasteiger partial charge in [-0.05, 0) is 32.6 Å². The van der Waals surface area contributed by atoms with Crippen LogP contribution in [0.25, 0.3) is 0 Å². The second kappa shape index (κ2) is 7.18. The van der Waals surface area contributed by atoms with Gasteiger partial charge < -0.3 is 14.8 Å². The Bertz CT molecular complexity index is 437. The van der Waals surface area contributed by atoms with Crippen LogP contribution in [0.3, 0.4) is 0 Å². The summed E-state index contributed by atoms with van der Waals surface area (Å²) < 4.78 is 11.3. The highest BCUT2D eigenvalue weighted by molar-refractivity contribution is 7.09. The highest BCUT2D eigenvalue weighted by Crippen LogP contribution is 2.39. The van der Waals surface area contributed by atoms with Crippen LogP contribution in [-0.2, 0) is 15.0 Å². The molecule has 1 saturated heterocycles. The second-order valence-corrected chi connectivity index (χ2v) is 7.08. The average molecular weight is 310 g/mol. The molecule has 2 heterocycles. The Morgan fingerprint density at radius 3 is 2.95 bits per heavy atom. The van der Waals surface area contributed by atoms with E-state index in [1.54, 1.807) is 11.3 Å². The van der Waals surface area contributed by atoms with E-state index >= 15 is 0 Å². The molecular weight excluding hydrogens is 284 g/mol. The van der Waals surface area contributed by atoms with E-state index in [2.05, 4.69) is 17.6 Å². The largest absolute Gasteiger partial charge is 0.377 e. The van der Waals surface area contributed by atoms with Gasteiger partial charge in [0.15, 0.2) is 0 Å². The Kier molecular flexibility index (Phi) is 5.27. The molecule has 1 saturated carbocycles. The SMILES string of the molecule is Cc1csc(C2(NCCOC[C@H]3CCCO3)CCCC2)n1. The Morgan fingerprint density at radius 1 is 1.43 bits per heavy atom. The second-order valence-electron chi connectivity index (χ2n) is 6.22. The first-order valence-electron chi connectivity index (χ1n) is 8.15. The Hall–Kier alpha value is -0.490. The zero-order valence-electron chi connectivity index (χ0n) is 12.9. The molecule has 0 bridgehead atoms. The molecule has 0 spiro atoms. The number of thiazole rings is 1. The maximum Gasteiger partial charge on any atom is 0.113 e. The van der Waals surface area contributed by atoms with Gasteiger partial charge in [0.25, 0.3) is 0 Å². The van der Waals surface area contributed by atoms with Gasteiger partial charge in [-0.25, -0.2) is 4.98 Å². The number of aryl methyl sites for hydroxylation is 1. The molecule has 1 aromatic rings. The molecular formula is C16H26N2O2S. The van der Waals surface area contributed by atoms with Gasteiger partial charge in [0, 0.05) is 24.2 Å². The van der Waals surface area contributed by atoms with Crippen molar-refractivity contribution in [1.29, 1.82) is 0 Å². The lowest BCUT2D eigenvalue weighted by atomic mass is 9.98. The maximum atomic E-state index is 5.76. The average Bonchev–Trinajstić information content (AvgIpc) is 3.19. The third kappa shape index (κ3) is 3.83. The van der Waals surface area contributed by atoms with Crippen LogP contribution >= 0.6 is 11.3 Å². The third-order valence-electron chi connectivity index (χ3n) is 4.52. The number of aromatic nitrogens is 1. The Morgan fingerprint density at radius 2 is 2.29 bits per heavy atom. The highest BCUT2D eigenvalue weighted by atomic mass is 32.1. The van der Waals surface area contributed by atoms with E-state index in [1.807, 2.05) is 0 Å². The topological polar surface area (TPSA) is 43.4 Å². The van der Waals surface area contributed by atoms with Crippen LogP contribution < -0.4 is 5.32 Å². The van der Waals surface area contributed by atoms with E-state index in [9.17, 15) is 0 Å². The van der Waals surface area contributed by atoms with Crippen LogP contribution in [-0.4, -0.2) is 37.5 Å². The van der Waals surface area contributed by atoms with Crippen molar-refractivity contribution in [3.8, 4) is 0 Å². The lowest BCUT2D eigenvalue weighted by molar-refractivity contribution is 0.0167. The van der Waals surface area contributed by atoms with E-state index in [1.165, 1.54) is 37.1 Å². The van der Waals surface area contributed by atoms with Crippen LogP contribution in [0, 0.1) is 6.92 Å². The molecule has 0 radical (unpaired) electrons. The quantitative estimate of drug-likeness (QED) is 0.786. The van der Waals surface area contributed by atoms with Crippen molar-refractivity contribution >= 4 is 11.3 Å². The highest BCUT2D eigenvalue weighted by Gasteiger charge is 2.37. The minimum Gasteiger partial charge on any atom is -0.377 e. The Labute approximate surface area is 131 Å². The molecule has 5 heteroatoms. The van der Waals surface area contributed by atoms with E-state index in [0.717, 1.165) is 38.5 Å². The fourth-order valence-corrected chi connectivity index (χ4v) is 4.41. The number of nitrogens with zero attached hydrogens (tertiary/aromatic N) is 1. The zero-order valence-corrected chi connectivity index (χ0v) is 13.7. The molecule has 21 heavy (non-hydrogen) atoms. The minimum absolute atomic E-state index is 0.103. The van der Waals surface area contributed by atoms with Crippen LogP contribution in [0.15, 0.2) is 5.38 Å². The minimum atomic E-state index is 0.103. The van der Waals surface area contributed by atoms with Gasteiger partial charge in [0.2, 0.25) is 0 Å². The summed E-state index contributed by atoms with van der Waals surface area (Å²) in [6.45, 7) is 5.37. The summed E-state index contributed by atoms with van der Waals surface area (Å²) in [5.74, 6) is 0. The zero-order chi connectivity index (χ0) is 14.5. The normalized spacial score (nSPS) is 24.7. The molecule has 1 N–H and O–H groups in total. The number of hydrogen-bond donors (Lipinski definition) is 1. The molecule has 1 atom stereocenters. The number of nitrogens with one attached hydrogen (secondary N) is 1. The molecule has 3 rings (SSSR count). The van der Waals surface area contributed by atoms with Crippen molar-refractivity contribution in [2.75, 3.05) is 26.4 Å². The van der Waals surface area contributed by atoms with Crippen LogP contribution in [0.4, 0.5) is 0 Å². The Balaban J connectivity index is 1.45. The summed E-state index contributed by atoms with van der Waals surface area (Å²) in [5.41, 5.74) is 1.24. The number of hydrogen-bond acceptors (Lipinski definition) is 5. The summed E-state index contributed by atoms with van der Waals surface area (Å²) >= 11 is 1.80. The fraction of sp³-hybridized carbons (Fsp3) is 0.812. The van der Waals surface area contributed by atoms with Crippen LogP contribution in [0.5, 0.6) is 0 Å². The molecule has 118 valence electrons. The van der Waals surface area contributed by atoms with Gasteiger partial charge >= 0.3 is 0 Å². The molecule has 1 aliphatic heterocycles. The van der Waals surface area contributed by atoms with Crippen molar-refractivity contribution in [2.24, 2.45) is 0 Å². The van der Waals surface area contributed by atoms with Crippen molar-refractivity contribution in [3.05, 3.63) is 16.1 Å². The van der Waals surface area contributed by atoms with Crippen molar-refractivity contribution < 1.29 is 9.47 Å². The van der Waals surface area contributed by atoms with Gasteiger partial charge in [0.05, 0.1) is 24.9 Å². The van der Waals surface area contributed by atoms with Gasteiger partial charge in [0.1, 0.15) is 5.01 Å². The van der Waals surface area contributed by atoms with Gasteiger partial charge in [-0.15, -0.1) is 11.3 Å². The fourth-order valence-electron chi connectivity index (χ4n) is 3.37. The maximum absolute atomic E-state index is 5.76. The number of rotatable bonds is 7. The molecule has 0 unspecified atom stereocenters. The molecule has 2 aliphatic rings. The first kappa shape index (κ1) is 15.4. The number of ether oxygens (including phenoxy) is 2. The van der Waals surface area contributed by atoms with Crippen LogP contribution in [0.2, 0.25) is 0 Å². The first-order valence-corrected chi connectivity index (χ1v) is 9.03.